The molecule has 1 aromatic heterocycles. The lowest BCUT2D eigenvalue weighted by Crippen LogP contribution is -2.50. The van der Waals surface area contributed by atoms with Crippen LogP contribution >= 0.6 is 11.8 Å². The molecule has 7 nitrogen and oxygen atoms in total. The minimum Gasteiger partial charge on any atom is -0.475 e. The Kier molecular flexibility index (Phi) is 4.55. The third-order valence-corrected chi connectivity index (χ3v) is 5.14. The van der Waals surface area contributed by atoms with E-state index in [0.717, 1.165) is 18.0 Å². The van der Waals surface area contributed by atoms with Gasteiger partial charge in [0.1, 0.15) is 18.0 Å². The number of rotatable bonds is 3. The maximum Gasteiger partial charge on any atom is 0.177 e. The predicted octanol–water partition coefficient (Wildman–Crippen LogP) is -0.981. The molecule has 0 bridgehead atoms. The van der Waals surface area contributed by atoms with E-state index in [9.17, 15) is 23.7 Å². The second-order valence-electron chi connectivity index (χ2n) is 4.50. The summed E-state index contributed by atoms with van der Waals surface area (Å²) in [6.07, 6.45) is -0.0174. The summed E-state index contributed by atoms with van der Waals surface area (Å²) in [7, 11) is -3.40. The molecule has 1 aliphatic heterocycles. The van der Waals surface area contributed by atoms with E-state index >= 15 is 0 Å². The Labute approximate surface area is 120 Å². The van der Waals surface area contributed by atoms with Crippen molar-refractivity contribution in [2.75, 3.05) is 12.0 Å². The number of aliphatic hydroxyl groups is 3. The van der Waals surface area contributed by atoms with Crippen molar-refractivity contribution >= 4 is 21.6 Å². The Bertz CT molecular complexity index is 578. The van der Waals surface area contributed by atoms with Crippen LogP contribution < -0.4 is 4.74 Å². The number of hydrogen-bond donors (Lipinski definition) is 3. The summed E-state index contributed by atoms with van der Waals surface area (Å²) in [5.74, 6) is 0.385. The van der Waals surface area contributed by atoms with Crippen molar-refractivity contribution in [1.82, 2.24) is 4.98 Å². The third kappa shape index (κ3) is 3.41. The van der Waals surface area contributed by atoms with Gasteiger partial charge in [-0.1, -0.05) is 0 Å². The van der Waals surface area contributed by atoms with Crippen LogP contribution in [0.15, 0.2) is 23.4 Å². The molecule has 0 radical (unpaired) electrons. The average Bonchev–Trinajstić information content (AvgIpc) is 2.39. The first-order valence-electron chi connectivity index (χ1n) is 5.76. The van der Waals surface area contributed by atoms with Crippen LogP contribution in [0.25, 0.3) is 0 Å². The highest BCUT2D eigenvalue weighted by Crippen LogP contribution is 2.29. The highest BCUT2D eigenvalue weighted by Gasteiger charge is 2.38. The highest BCUT2D eigenvalue weighted by atomic mass is 32.2. The second kappa shape index (κ2) is 5.86. The van der Waals surface area contributed by atoms with Gasteiger partial charge in [0.05, 0.1) is 17.2 Å². The van der Waals surface area contributed by atoms with Crippen LogP contribution in [-0.2, 0) is 9.84 Å². The Balaban J connectivity index is 2.14. The van der Waals surface area contributed by atoms with Gasteiger partial charge in [-0.05, 0) is 0 Å². The molecule has 1 aliphatic rings. The van der Waals surface area contributed by atoms with E-state index in [2.05, 4.69) is 4.98 Å². The molecule has 20 heavy (non-hydrogen) atoms. The Hall–Kier alpha value is -0.870. The molecule has 1 fully saturated rings. The van der Waals surface area contributed by atoms with Crippen LogP contribution in [0, 0.1) is 0 Å². The van der Waals surface area contributed by atoms with E-state index in [1.807, 2.05) is 0 Å². The van der Waals surface area contributed by atoms with Gasteiger partial charge >= 0.3 is 0 Å². The summed E-state index contributed by atoms with van der Waals surface area (Å²) < 4.78 is 28.3. The average molecular weight is 321 g/mol. The molecule has 4 atom stereocenters. The number of hydrogen-bond acceptors (Lipinski definition) is 8. The molecule has 0 amide bonds. The first kappa shape index (κ1) is 15.5. The monoisotopic (exact) mass is 321 g/mol. The van der Waals surface area contributed by atoms with Crippen molar-refractivity contribution < 1.29 is 28.5 Å². The zero-order valence-corrected chi connectivity index (χ0v) is 12.2. The molecule has 2 rings (SSSR count). The largest absolute Gasteiger partial charge is 0.475 e. The summed E-state index contributed by atoms with van der Waals surface area (Å²) >= 11 is 1.13. The van der Waals surface area contributed by atoms with Crippen LogP contribution in [0.3, 0.4) is 0 Å². The van der Waals surface area contributed by atoms with Gasteiger partial charge in [0.25, 0.3) is 0 Å². The number of ether oxygens (including phenoxy) is 1. The molecular formula is C11H15NO6S2. The normalized spacial score (nSPS) is 31.0. The van der Waals surface area contributed by atoms with Gasteiger partial charge in [-0.25, -0.2) is 8.42 Å². The maximum atomic E-state index is 11.4. The minimum atomic E-state index is -3.40. The zero-order chi connectivity index (χ0) is 14.9. The van der Waals surface area contributed by atoms with E-state index in [0.29, 0.717) is 0 Å². The van der Waals surface area contributed by atoms with Crippen molar-refractivity contribution in [1.29, 1.82) is 0 Å². The molecule has 0 unspecified atom stereocenters. The molecule has 0 aromatic carbocycles. The van der Waals surface area contributed by atoms with Crippen LogP contribution in [0.2, 0.25) is 0 Å². The van der Waals surface area contributed by atoms with Crippen LogP contribution in [-0.4, -0.2) is 64.5 Å². The lowest BCUT2D eigenvalue weighted by Gasteiger charge is -2.34. The molecule has 1 saturated heterocycles. The Morgan fingerprint density at radius 2 is 2.00 bits per heavy atom. The summed E-state index contributed by atoms with van der Waals surface area (Å²) in [5, 5.41) is 28.8. The van der Waals surface area contributed by atoms with Gasteiger partial charge in [0.2, 0.25) is 0 Å². The molecule has 2 heterocycles. The van der Waals surface area contributed by atoms with Crippen molar-refractivity contribution in [2.45, 2.75) is 28.6 Å². The molecule has 9 heteroatoms. The fourth-order valence-corrected chi connectivity index (χ4v) is 3.39. The number of aromatic nitrogens is 1. The molecule has 0 aliphatic carbocycles. The first-order chi connectivity index (χ1) is 9.29. The smallest absolute Gasteiger partial charge is 0.177 e. The lowest BCUT2D eigenvalue weighted by molar-refractivity contribution is -0.0786. The lowest BCUT2D eigenvalue weighted by atomic mass is 10.1. The van der Waals surface area contributed by atoms with Gasteiger partial charge in [0, 0.05) is 24.3 Å². The van der Waals surface area contributed by atoms with Crippen LogP contribution in [0.1, 0.15) is 0 Å². The summed E-state index contributed by atoms with van der Waals surface area (Å²) in [6, 6.07) is 1.30. The van der Waals surface area contributed by atoms with E-state index in [1.165, 1.54) is 18.5 Å². The molecule has 1 aromatic rings. The van der Waals surface area contributed by atoms with Crippen molar-refractivity contribution in [2.24, 2.45) is 0 Å². The van der Waals surface area contributed by atoms with Gasteiger partial charge in [0.15, 0.2) is 15.3 Å². The number of thioether (sulfide) groups is 1. The number of pyridine rings is 1. The van der Waals surface area contributed by atoms with E-state index in [-0.39, 0.29) is 16.4 Å². The van der Waals surface area contributed by atoms with E-state index in [4.69, 9.17) is 4.74 Å². The minimum absolute atomic E-state index is 0.00545. The molecule has 0 saturated carbocycles. The fourth-order valence-electron chi connectivity index (χ4n) is 1.68. The second-order valence-corrected chi connectivity index (χ2v) is 7.64. The fraction of sp³-hybridized carbons (Fsp3) is 0.545. The van der Waals surface area contributed by atoms with Crippen molar-refractivity contribution in [3.8, 4) is 5.75 Å². The van der Waals surface area contributed by atoms with Gasteiger partial charge < -0.3 is 20.1 Å². The number of aliphatic hydroxyl groups excluding tert-OH is 3. The molecule has 3 N–H and O–H groups in total. The summed E-state index contributed by atoms with van der Waals surface area (Å²) in [6.45, 7) is 0. The highest BCUT2D eigenvalue weighted by molar-refractivity contribution is 7.99. The number of sulfone groups is 1. The van der Waals surface area contributed by atoms with Gasteiger partial charge in [-0.3, -0.25) is 4.98 Å². The third-order valence-electron chi connectivity index (χ3n) is 2.82. The van der Waals surface area contributed by atoms with Crippen molar-refractivity contribution in [3.63, 3.8) is 0 Å². The quantitative estimate of drug-likeness (QED) is 0.650. The number of nitrogens with zero attached hydrogens (tertiary/aromatic N) is 1. The molecule has 112 valence electrons. The molecule has 0 spiro atoms. The topological polar surface area (TPSA) is 117 Å². The first-order valence-corrected chi connectivity index (χ1v) is 8.70. The van der Waals surface area contributed by atoms with Gasteiger partial charge in [-0.15, -0.1) is 11.8 Å². The maximum absolute atomic E-state index is 11.4. The predicted molar refractivity (Wildman–Crippen MR) is 72.2 cm³/mol. The standard InChI is InChI=1S/C11H15NO6S2/c1-20(16,17)7-2-6(3-12-4-7)18-11-10(15)9(14)8(13)5-19-11/h2-4,8-11,13-15H,5H2,1H3/t8-,9+,10-,11+/m1/s1. The Morgan fingerprint density at radius 3 is 2.65 bits per heavy atom. The van der Waals surface area contributed by atoms with Crippen molar-refractivity contribution in [3.05, 3.63) is 18.5 Å². The Morgan fingerprint density at radius 1 is 1.30 bits per heavy atom. The van der Waals surface area contributed by atoms with Crippen LogP contribution in [0.5, 0.6) is 5.75 Å². The van der Waals surface area contributed by atoms with Gasteiger partial charge in [-0.2, -0.15) is 0 Å². The van der Waals surface area contributed by atoms with Crippen LogP contribution in [0.4, 0.5) is 0 Å². The summed E-state index contributed by atoms with van der Waals surface area (Å²) in [4.78, 5) is 3.77. The molecular weight excluding hydrogens is 306 g/mol. The summed E-state index contributed by atoms with van der Waals surface area (Å²) in [5.41, 5.74) is -0.801. The SMILES string of the molecule is CS(=O)(=O)c1cncc(O[C@H]2SC[C@@H](O)[C@H](O)[C@H]2O)c1. The zero-order valence-electron chi connectivity index (χ0n) is 10.6. The van der Waals surface area contributed by atoms with E-state index in [1.54, 1.807) is 0 Å². The van der Waals surface area contributed by atoms with E-state index < -0.39 is 33.6 Å².